The molecule has 132 valence electrons. The summed E-state index contributed by atoms with van der Waals surface area (Å²) in [4.78, 5) is 4.43. The minimum Gasteiger partial charge on any atom is -0.474 e. The Balaban J connectivity index is 1.62. The van der Waals surface area contributed by atoms with Crippen molar-refractivity contribution >= 4 is 0 Å². The molecule has 3 nitrogen and oxygen atoms in total. The van der Waals surface area contributed by atoms with Crippen LogP contribution in [0.15, 0.2) is 24.4 Å². The molecule has 1 fully saturated rings. The number of ether oxygens (including phenoxy) is 1. The number of aliphatic hydroxyl groups is 1. The lowest BCUT2D eigenvalue weighted by Gasteiger charge is -2.25. The van der Waals surface area contributed by atoms with Gasteiger partial charge in [-0.1, -0.05) is 6.07 Å². The summed E-state index contributed by atoms with van der Waals surface area (Å²) in [6.07, 6.45) is 9.03. The normalized spacial score (nSPS) is 22.7. The molecule has 0 atom stereocenters. The van der Waals surface area contributed by atoms with E-state index in [4.69, 9.17) is 4.74 Å². The van der Waals surface area contributed by atoms with Crippen LogP contribution in [0, 0.1) is 13.8 Å². The van der Waals surface area contributed by atoms with E-state index in [-0.39, 0.29) is 12.2 Å². The molecule has 1 heterocycles. The molecule has 0 radical (unpaired) electrons. The maximum atomic E-state index is 9.65. The Bertz CT molecular complexity index is 776. The van der Waals surface area contributed by atoms with Gasteiger partial charge >= 0.3 is 0 Å². The monoisotopic (exact) mass is 337 g/mol. The number of hydrogen-bond acceptors (Lipinski definition) is 3. The van der Waals surface area contributed by atoms with Gasteiger partial charge in [0.2, 0.25) is 5.88 Å². The summed E-state index contributed by atoms with van der Waals surface area (Å²) < 4.78 is 6.12. The van der Waals surface area contributed by atoms with Crippen LogP contribution >= 0.6 is 0 Å². The fourth-order valence-corrected chi connectivity index (χ4v) is 4.54. The number of aryl methyl sites for hydroxylation is 2. The molecule has 0 spiro atoms. The molecule has 0 unspecified atom stereocenters. The zero-order chi connectivity index (χ0) is 17.4. The number of benzene rings is 1. The summed E-state index contributed by atoms with van der Waals surface area (Å²) >= 11 is 0. The van der Waals surface area contributed by atoms with Crippen molar-refractivity contribution in [1.82, 2.24) is 4.98 Å². The molecule has 3 heteroatoms. The standard InChI is InChI=1S/C22H27NO2/c1-14-12-16-4-3-5-20(16)15(2)22(14)17-10-11-23-21(13-17)25-19-8-6-18(24)7-9-19/h10-13,18-19,24H,3-9H2,1-2H3. The summed E-state index contributed by atoms with van der Waals surface area (Å²) in [5.74, 6) is 0.707. The predicted octanol–water partition coefficient (Wildman–Crippen LogP) is 4.54. The van der Waals surface area contributed by atoms with E-state index >= 15 is 0 Å². The van der Waals surface area contributed by atoms with Gasteiger partial charge in [-0.15, -0.1) is 0 Å². The minimum absolute atomic E-state index is 0.157. The first-order valence-corrected chi connectivity index (χ1v) is 9.55. The molecule has 4 rings (SSSR count). The van der Waals surface area contributed by atoms with Crippen LogP contribution < -0.4 is 4.74 Å². The number of hydrogen-bond donors (Lipinski definition) is 1. The van der Waals surface area contributed by atoms with Gasteiger partial charge in [0.1, 0.15) is 6.10 Å². The molecule has 2 aliphatic rings. The Morgan fingerprint density at radius 3 is 2.68 bits per heavy atom. The second-order valence-electron chi connectivity index (χ2n) is 7.62. The molecule has 1 aromatic heterocycles. The predicted molar refractivity (Wildman–Crippen MR) is 100 cm³/mol. The zero-order valence-electron chi connectivity index (χ0n) is 15.2. The van der Waals surface area contributed by atoms with Gasteiger partial charge in [0.15, 0.2) is 0 Å². The Morgan fingerprint density at radius 2 is 1.88 bits per heavy atom. The fraction of sp³-hybridized carbons (Fsp3) is 0.500. The molecule has 1 saturated carbocycles. The first kappa shape index (κ1) is 16.6. The lowest BCUT2D eigenvalue weighted by Crippen LogP contribution is -2.26. The second-order valence-corrected chi connectivity index (χ2v) is 7.62. The highest BCUT2D eigenvalue weighted by molar-refractivity contribution is 5.73. The van der Waals surface area contributed by atoms with Gasteiger partial charge in [-0.25, -0.2) is 4.98 Å². The molecule has 0 aliphatic heterocycles. The molecule has 1 N–H and O–H groups in total. The number of rotatable bonds is 3. The highest BCUT2D eigenvalue weighted by Gasteiger charge is 2.22. The number of pyridine rings is 1. The van der Waals surface area contributed by atoms with Crippen molar-refractivity contribution in [3.8, 4) is 17.0 Å². The van der Waals surface area contributed by atoms with Gasteiger partial charge in [0.25, 0.3) is 0 Å². The smallest absolute Gasteiger partial charge is 0.214 e. The Labute approximate surface area is 150 Å². The molecule has 25 heavy (non-hydrogen) atoms. The van der Waals surface area contributed by atoms with Crippen LogP contribution in [0.3, 0.4) is 0 Å². The number of aromatic nitrogens is 1. The van der Waals surface area contributed by atoms with E-state index in [1.807, 2.05) is 6.20 Å². The van der Waals surface area contributed by atoms with Crippen molar-refractivity contribution in [3.63, 3.8) is 0 Å². The number of aliphatic hydroxyl groups excluding tert-OH is 1. The summed E-state index contributed by atoms with van der Waals surface area (Å²) in [6, 6.07) is 6.55. The van der Waals surface area contributed by atoms with Gasteiger partial charge in [-0.3, -0.25) is 0 Å². The summed E-state index contributed by atoms with van der Waals surface area (Å²) in [5.41, 5.74) is 8.38. The van der Waals surface area contributed by atoms with Gasteiger partial charge in [0, 0.05) is 12.3 Å². The van der Waals surface area contributed by atoms with Crippen LogP contribution in [-0.4, -0.2) is 22.3 Å². The zero-order valence-corrected chi connectivity index (χ0v) is 15.2. The van der Waals surface area contributed by atoms with Gasteiger partial charge in [0.05, 0.1) is 6.10 Å². The van der Waals surface area contributed by atoms with E-state index in [0.29, 0.717) is 5.88 Å². The first-order chi connectivity index (χ1) is 12.1. The minimum atomic E-state index is -0.157. The third kappa shape index (κ3) is 3.30. The van der Waals surface area contributed by atoms with E-state index in [9.17, 15) is 5.11 Å². The van der Waals surface area contributed by atoms with Gasteiger partial charge in [-0.05, 0) is 98.2 Å². The van der Waals surface area contributed by atoms with E-state index < -0.39 is 0 Å². The molecular weight excluding hydrogens is 310 g/mol. The summed E-state index contributed by atoms with van der Waals surface area (Å²) in [5, 5.41) is 9.65. The third-order valence-corrected chi connectivity index (χ3v) is 5.83. The van der Waals surface area contributed by atoms with Crippen LogP contribution in [0.2, 0.25) is 0 Å². The highest BCUT2D eigenvalue weighted by atomic mass is 16.5. The van der Waals surface area contributed by atoms with Crippen LogP contribution in [0.1, 0.15) is 54.4 Å². The molecule has 0 amide bonds. The maximum absolute atomic E-state index is 9.65. The fourth-order valence-electron chi connectivity index (χ4n) is 4.54. The first-order valence-electron chi connectivity index (χ1n) is 9.55. The van der Waals surface area contributed by atoms with Crippen molar-refractivity contribution in [2.75, 3.05) is 0 Å². The van der Waals surface area contributed by atoms with E-state index in [2.05, 4.69) is 37.0 Å². The average Bonchev–Trinajstić information content (AvgIpc) is 3.06. The lowest BCUT2D eigenvalue weighted by molar-refractivity contribution is 0.0644. The van der Waals surface area contributed by atoms with Crippen LogP contribution in [0.25, 0.3) is 11.1 Å². The average molecular weight is 337 g/mol. The Morgan fingerprint density at radius 1 is 1.08 bits per heavy atom. The quantitative estimate of drug-likeness (QED) is 0.894. The molecule has 1 aromatic carbocycles. The van der Waals surface area contributed by atoms with Crippen molar-refractivity contribution in [2.45, 2.75) is 71.0 Å². The second kappa shape index (κ2) is 6.80. The van der Waals surface area contributed by atoms with E-state index in [0.717, 1.165) is 25.7 Å². The largest absolute Gasteiger partial charge is 0.474 e. The SMILES string of the molecule is Cc1cc2c(c(C)c1-c1ccnc(OC3CCC(O)CC3)c1)CCC2. The van der Waals surface area contributed by atoms with Crippen molar-refractivity contribution in [1.29, 1.82) is 0 Å². The number of fused-ring (bicyclic) bond motifs is 1. The summed E-state index contributed by atoms with van der Waals surface area (Å²) in [7, 11) is 0. The maximum Gasteiger partial charge on any atom is 0.214 e. The lowest BCUT2D eigenvalue weighted by atomic mass is 9.90. The molecule has 0 saturated heterocycles. The Kier molecular flexibility index (Phi) is 4.51. The van der Waals surface area contributed by atoms with Crippen molar-refractivity contribution in [2.24, 2.45) is 0 Å². The topological polar surface area (TPSA) is 42.4 Å². The number of nitrogens with zero attached hydrogens (tertiary/aromatic N) is 1. The van der Waals surface area contributed by atoms with Crippen LogP contribution in [0.5, 0.6) is 5.88 Å². The van der Waals surface area contributed by atoms with E-state index in [1.165, 1.54) is 47.1 Å². The third-order valence-electron chi connectivity index (χ3n) is 5.83. The molecule has 2 aromatic rings. The Hall–Kier alpha value is -1.87. The van der Waals surface area contributed by atoms with E-state index in [1.54, 1.807) is 5.56 Å². The van der Waals surface area contributed by atoms with Crippen molar-refractivity contribution < 1.29 is 9.84 Å². The van der Waals surface area contributed by atoms with Crippen molar-refractivity contribution in [3.05, 3.63) is 46.6 Å². The van der Waals surface area contributed by atoms with Crippen LogP contribution in [-0.2, 0) is 12.8 Å². The highest BCUT2D eigenvalue weighted by Crippen LogP contribution is 2.36. The summed E-state index contributed by atoms with van der Waals surface area (Å²) in [6.45, 7) is 4.47. The van der Waals surface area contributed by atoms with Gasteiger partial charge in [-0.2, -0.15) is 0 Å². The molecule has 2 aliphatic carbocycles. The van der Waals surface area contributed by atoms with Gasteiger partial charge < -0.3 is 9.84 Å². The van der Waals surface area contributed by atoms with Crippen LogP contribution in [0.4, 0.5) is 0 Å². The molecule has 0 bridgehead atoms. The molecular formula is C22H27NO2.